The van der Waals surface area contributed by atoms with Crippen molar-refractivity contribution in [2.45, 2.75) is 32.9 Å². The number of nitro benzene ring substituents is 1. The Labute approximate surface area is 128 Å². The van der Waals surface area contributed by atoms with E-state index in [0.717, 1.165) is 5.56 Å². The van der Waals surface area contributed by atoms with Crippen molar-refractivity contribution in [2.75, 3.05) is 7.11 Å². The second-order valence-corrected chi connectivity index (χ2v) is 8.17. The first-order valence-corrected chi connectivity index (χ1v) is 8.64. The maximum absolute atomic E-state index is 12.5. The summed E-state index contributed by atoms with van der Waals surface area (Å²) >= 11 is 1.17. The second-order valence-electron chi connectivity index (χ2n) is 4.71. The first-order chi connectivity index (χ1) is 9.68. The van der Waals surface area contributed by atoms with E-state index in [1.54, 1.807) is 19.9 Å². The summed E-state index contributed by atoms with van der Waals surface area (Å²) < 4.78 is 25.3. The van der Waals surface area contributed by atoms with Crippen molar-refractivity contribution >= 4 is 25.4 Å². The van der Waals surface area contributed by atoms with Crippen molar-refractivity contribution in [3.05, 3.63) is 33.4 Å². The summed E-state index contributed by atoms with van der Waals surface area (Å²) in [5.41, 5.74) is 0.996. The molecule has 0 aromatic heterocycles. The Morgan fingerprint density at radius 3 is 2.48 bits per heavy atom. The van der Waals surface area contributed by atoms with Gasteiger partial charge in [0.25, 0.3) is 0 Å². The van der Waals surface area contributed by atoms with Gasteiger partial charge in [0.15, 0.2) is 0 Å². The van der Waals surface area contributed by atoms with Crippen molar-refractivity contribution in [3.8, 4) is 5.75 Å². The van der Waals surface area contributed by atoms with Crippen LogP contribution in [0.1, 0.15) is 25.0 Å². The fourth-order valence-electron chi connectivity index (χ4n) is 1.62. The van der Waals surface area contributed by atoms with Gasteiger partial charge >= 0.3 is 13.4 Å². The lowest BCUT2D eigenvalue weighted by Gasteiger charge is -2.19. The summed E-state index contributed by atoms with van der Waals surface area (Å²) in [5.74, 6) is -0.0699. The number of benzene rings is 1. The van der Waals surface area contributed by atoms with Gasteiger partial charge in [0.05, 0.1) is 4.92 Å². The lowest BCUT2D eigenvalue weighted by atomic mass is 10.1. The van der Waals surface area contributed by atoms with Crippen LogP contribution in [0.3, 0.4) is 0 Å². The van der Waals surface area contributed by atoms with E-state index in [2.05, 4.69) is 4.49 Å². The summed E-state index contributed by atoms with van der Waals surface area (Å²) in [6.45, 7) is 7.18. The Bertz CT molecular complexity index is 579. The van der Waals surface area contributed by atoms with Crippen LogP contribution < -0.4 is 9.02 Å². The van der Waals surface area contributed by atoms with E-state index in [9.17, 15) is 14.7 Å². The Kier molecular flexibility index (Phi) is 6.22. The average Bonchev–Trinajstić information content (AvgIpc) is 2.35. The maximum atomic E-state index is 12.5. The minimum atomic E-state index is -3.67. The molecule has 1 N–H and O–H groups in total. The van der Waals surface area contributed by atoms with Gasteiger partial charge in [-0.15, -0.1) is 0 Å². The van der Waals surface area contributed by atoms with Crippen molar-refractivity contribution in [2.24, 2.45) is 0 Å². The molecule has 9 heteroatoms. The molecule has 0 aliphatic heterocycles. The van der Waals surface area contributed by atoms with E-state index < -0.39 is 12.7 Å². The van der Waals surface area contributed by atoms with Crippen molar-refractivity contribution in [1.82, 2.24) is 4.49 Å². The topological polar surface area (TPSA) is 90.7 Å². The lowest BCUT2D eigenvalue weighted by molar-refractivity contribution is -0.386. The molecule has 118 valence electrons. The quantitative estimate of drug-likeness (QED) is 0.349. The zero-order chi connectivity index (χ0) is 16.2. The summed E-state index contributed by atoms with van der Waals surface area (Å²) in [7, 11) is -2.45. The van der Waals surface area contributed by atoms with Gasteiger partial charge in [0.1, 0.15) is 0 Å². The highest BCUT2D eigenvalue weighted by atomic mass is 32.2. The second kappa shape index (κ2) is 7.26. The molecule has 7 nitrogen and oxygen atoms in total. The lowest BCUT2D eigenvalue weighted by Crippen LogP contribution is -2.12. The number of nitrogens with zero attached hydrogens (tertiary/aromatic N) is 1. The van der Waals surface area contributed by atoms with Gasteiger partial charge in [0.2, 0.25) is 5.75 Å². The molecular formula is C12H19N2O5PS. The molecule has 0 spiro atoms. The van der Waals surface area contributed by atoms with Crippen LogP contribution in [-0.2, 0) is 9.09 Å². The highest BCUT2D eigenvalue weighted by molar-refractivity contribution is 8.02. The van der Waals surface area contributed by atoms with Crippen LogP contribution in [-0.4, -0.2) is 17.3 Å². The fourth-order valence-corrected chi connectivity index (χ4v) is 3.90. The van der Waals surface area contributed by atoms with Crippen LogP contribution in [0.4, 0.5) is 5.69 Å². The molecule has 1 rings (SSSR count). The van der Waals surface area contributed by atoms with Gasteiger partial charge in [0, 0.05) is 17.9 Å². The minimum absolute atomic E-state index is 0.0699. The van der Waals surface area contributed by atoms with Crippen LogP contribution in [0.25, 0.3) is 0 Å². The third kappa shape index (κ3) is 5.00. The SMILES string of the molecule is COP(=O)(NSC(C)C)Oc1cc(C)cc(C)c1[N+](=O)[O-]. The highest BCUT2D eigenvalue weighted by Gasteiger charge is 2.30. The molecule has 1 aromatic rings. The highest BCUT2D eigenvalue weighted by Crippen LogP contribution is 2.48. The van der Waals surface area contributed by atoms with E-state index in [1.165, 1.54) is 25.1 Å². The van der Waals surface area contributed by atoms with Crippen molar-refractivity contribution in [3.63, 3.8) is 0 Å². The molecular weight excluding hydrogens is 315 g/mol. The fraction of sp³-hybridized carbons (Fsp3) is 0.500. The maximum Gasteiger partial charge on any atom is 0.468 e. The van der Waals surface area contributed by atoms with Gasteiger partial charge in [-0.2, -0.15) is 4.49 Å². The Morgan fingerprint density at radius 2 is 2.00 bits per heavy atom. The number of rotatable bonds is 7. The zero-order valence-corrected chi connectivity index (χ0v) is 14.3. The molecule has 21 heavy (non-hydrogen) atoms. The Morgan fingerprint density at radius 1 is 1.38 bits per heavy atom. The zero-order valence-electron chi connectivity index (χ0n) is 12.6. The number of nitrogens with one attached hydrogen (secondary N) is 1. The van der Waals surface area contributed by atoms with Crippen molar-refractivity contribution < 1.29 is 18.5 Å². The predicted octanol–water partition coefficient (Wildman–Crippen LogP) is 3.99. The van der Waals surface area contributed by atoms with Crippen LogP contribution in [0.5, 0.6) is 5.75 Å². The van der Waals surface area contributed by atoms with E-state index in [-0.39, 0.29) is 16.7 Å². The Hall–Kier alpha value is -1.08. The molecule has 1 aromatic carbocycles. The molecule has 0 radical (unpaired) electrons. The molecule has 0 saturated carbocycles. The van der Waals surface area contributed by atoms with Crippen LogP contribution >= 0.6 is 19.7 Å². The largest absolute Gasteiger partial charge is 0.468 e. The van der Waals surface area contributed by atoms with Crippen LogP contribution in [0.15, 0.2) is 12.1 Å². The third-order valence-corrected chi connectivity index (χ3v) is 5.16. The summed E-state index contributed by atoms with van der Waals surface area (Å²) in [4.78, 5) is 10.6. The molecule has 0 fully saturated rings. The molecule has 0 aliphatic rings. The smallest absolute Gasteiger partial charge is 0.405 e. The Balaban J connectivity index is 3.15. The molecule has 0 amide bonds. The summed E-state index contributed by atoms with van der Waals surface area (Å²) in [5, 5.41) is 11.3. The molecule has 0 saturated heterocycles. The van der Waals surface area contributed by atoms with Crippen LogP contribution in [0.2, 0.25) is 0 Å². The van der Waals surface area contributed by atoms with E-state index in [0.29, 0.717) is 5.56 Å². The number of hydrogen-bond donors (Lipinski definition) is 1. The standard InChI is InChI=1S/C12H19N2O5PS/c1-8(2)21-13-20(17,18-5)19-11-7-9(3)6-10(4)12(11)14(15)16/h6-8H,1-5H3,(H,13,17). The summed E-state index contributed by atoms with van der Waals surface area (Å²) in [6, 6.07) is 3.14. The first-order valence-electron chi connectivity index (χ1n) is 6.22. The molecule has 0 bridgehead atoms. The molecule has 0 heterocycles. The molecule has 0 aliphatic carbocycles. The van der Waals surface area contributed by atoms with Crippen molar-refractivity contribution in [1.29, 1.82) is 0 Å². The molecule has 1 unspecified atom stereocenters. The normalized spacial score (nSPS) is 14.0. The molecule has 1 atom stereocenters. The van der Waals surface area contributed by atoms with E-state index >= 15 is 0 Å². The first kappa shape index (κ1) is 18.0. The van der Waals surface area contributed by atoms with E-state index in [4.69, 9.17) is 9.05 Å². The van der Waals surface area contributed by atoms with Gasteiger partial charge in [-0.3, -0.25) is 14.6 Å². The van der Waals surface area contributed by atoms with E-state index in [1.807, 2.05) is 13.8 Å². The van der Waals surface area contributed by atoms with Gasteiger partial charge in [-0.1, -0.05) is 25.8 Å². The number of hydrogen-bond acceptors (Lipinski definition) is 6. The minimum Gasteiger partial charge on any atom is -0.405 e. The van der Waals surface area contributed by atoms with Gasteiger partial charge in [-0.25, -0.2) is 4.57 Å². The third-order valence-electron chi connectivity index (χ3n) is 2.45. The van der Waals surface area contributed by atoms with Gasteiger partial charge in [-0.05, 0) is 31.5 Å². The average molecular weight is 334 g/mol. The number of nitro groups is 1. The van der Waals surface area contributed by atoms with Crippen LogP contribution in [0, 0.1) is 24.0 Å². The predicted molar refractivity (Wildman–Crippen MR) is 83.7 cm³/mol. The number of aryl methyl sites for hydroxylation is 2. The van der Waals surface area contributed by atoms with Gasteiger partial charge < -0.3 is 4.52 Å². The summed E-state index contributed by atoms with van der Waals surface area (Å²) in [6.07, 6.45) is 0. The monoisotopic (exact) mass is 334 g/mol.